The van der Waals surface area contributed by atoms with Crippen LogP contribution in [-0.4, -0.2) is 12.6 Å². The fraction of sp³-hybridized carbons (Fsp3) is 0.500. The third-order valence-corrected chi connectivity index (χ3v) is 3.11. The zero-order valence-electron chi connectivity index (χ0n) is 9.32. The van der Waals surface area contributed by atoms with Gasteiger partial charge in [-0.1, -0.05) is 22.0 Å². The first-order valence-corrected chi connectivity index (χ1v) is 5.68. The molecule has 0 aliphatic heterocycles. The number of hydrogen-bond donors (Lipinski definition) is 1. The average Bonchev–Trinajstić information content (AvgIpc) is 2.10. The molecule has 0 fully saturated rings. The van der Waals surface area contributed by atoms with Gasteiger partial charge in [-0.05, 0) is 57.5 Å². The summed E-state index contributed by atoms with van der Waals surface area (Å²) >= 11 is 3.48. The van der Waals surface area contributed by atoms with Gasteiger partial charge in [-0.15, -0.1) is 0 Å². The van der Waals surface area contributed by atoms with Crippen LogP contribution < -0.4 is 5.32 Å². The predicted molar refractivity (Wildman–Crippen MR) is 65.7 cm³/mol. The first kappa shape index (κ1) is 11.7. The first-order chi connectivity index (χ1) is 6.44. The standard InChI is InChI=1S/C12H18BrN/c1-9-7-11(13)6-5-10(9)8-12(2,3)14-4/h5-7,14H,8H2,1-4H3. The molecule has 0 aliphatic carbocycles. The van der Waals surface area contributed by atoms with Crippen LogP contribution in [0.4, 0.5) is 0 Å². The summed E-state index contributed by atoms with van der Waals surface area (Å²) < 4.78 is 1.15. The predicted octanol–water partition coefficient (Wildman–Crippen LogP) is 3.30. The summed E-state index contributed by atoms with van der Waals surface area (Å²) in [5.41, 5.74) is 2.92. The Balaban J connectivity index is 2.87. The van der Waals surface area contributed by atoms with Crippen LogP contribution >= 0.6 is 15.9 Å². The number of halogens is 1. The van der Waals surface area contributed by atoms with Gasteiger partial charge >= 0.3 is 0 Å². The van der Waals surface area contributed by atoms with E-state index in [1.165, 1.54) is 11.1 Å². The zero-order valence-corrected chi connectivity index (χ0v) is 10.9. The lowest BCUT2D eigenvalue weighted by molar-refractivity contribution is 0.421. The Morgan fingerprint density at radius 1 is 1.36 bits per heavy atom. The smallest absolute Gasteiger partial charge is 0.0178 e. The van der Waals surface area contributed by atoms with Gasteiger partial charge in [-0.2, -0.15) is 0 Å². The highest BCUT2D eigenvalue weighted by atomic mass is 79.9. The summed E-state index contributed by atoms with van der Waals surface area (Å²) in [7, 11) is 2.01. The summed E-state index contributed by atoms with van der Waals surface area (Å²) in [6.45, 7) is 6.59. The fourth-order valence-electron chi connectivity index (χ4n) is 1.42. The van der Waals surface area contributed by atoms with Gasteiger partial charge in [0.1, 0.15) is 0 Å². The van der Waals surface area contributed by atoms with Crippen molar-refractivity contribution in [3.8, 4) is 0 Å². The summed E-state index contributed by atoms with van der Waals surface area (Å²) in [6, 6.07) is 6.47. The van der Waals surface area contributed by atoms with Crippen molar-refractivity contribution in [2.24, 2.45) is 0 Å². The van der Waals surface area contributed by atoms with Gasteiger partial charge in [0, 0.05) is 10.0 Å². The van der Waals surface area contributed by atoms with Crippen molar-refractivity contribution in [3.05, 3.63) is 33.8 Å². The molecule has 0 saturated heterocycles. The van der Waals surface area contributed by atoms with E-state index in [2.05, 4.69) is 60.2 Å². The highest BCUT2D eigenvalue weighted by Gasteiger charge is 2.16. The number of likely N-dealkylation sites (N-methyl/N-ethyl adjacent to an activating group) is 1. The lowest BCUT2D eigenvalue weighted by Crippen LogP contribution is -2.38. The summed E-state index contributed by atoms with van der Waals surface area (Å²) in [4.78, 5) is 0. The molecule has 0 aliphatic rings. The van der Waals surface area contributed by atoms with Crippen molar-refractivity contribution >= 4 is 15.9 Å². The molecule has 0 aromatic heterocycles. The molecule has 0 bridgehead atoms. The Hall–Kier alpha value is -0.340. The Bertz CT molecular complexity index is 318. The Morgan fingerprint density at radius 2 is 2.00 bits per heavy atom. The van der Waals surface area contributed by atoms with Gasteiger partial charge < -0.3 is 5.32 Å². The van der Waals surface area contributed by atoms with Gasteiger partial charge in [-0.3, -0.25) is 0 Å². The molecule has 14 heavy (non-hydrogen) atoms. The molecule has 1 aromatic carbocycles. The minimum absolute atomic E-state index is 0.165. The SMILES string of the molecule is CNC(C)(C)Cc1ccc(Br)cc1C. The maximum Gasteiger partial charge on any atom is 0.0178 e. The number of hydrogen-bond acceptors (Lipinski definition) is 1. The topological polar surface area (TPSA) is 12.0 Å². The molecule has 0 heterocycles. The van der Waals surface area contributed by atoms with Crippen LogP contribution in [0.15, 0.2) is 22.7 Å². The van der Waals surface area contributed by atoms with Crippen molar-refractivity contribution in [2.75, 3.05) is 7.05 Å². The van der Waals surface area contributed by atoms with E-state index in [0.29, 0.717) is 0 Å². The van der Waals surface area contributed by atoms with Crippen molar-refractivity contribution in [1.82, 2.24) is 5.32 Å². The molecule has 0 atom stereocenters. The largest absolute Gasteiger partial charge is 0.314 e. The van der Waals surface area contributed by atoms with Crippen molar-refractivity contribution < 1.29 is 0 Å². The Labute approximate surface area is 95.0 Å². The Kier molecular flexibility index (Phi) is 3.73. The number of aryl methyl sites for hydroxylation is 1. The van der Waals surface area contributed by atoms with E-state index in [0.717, 1.165) is 10.9 Å². The van der Waals surface area contributed by atoms with E-state index in [1.54, 1.807) is 0 Å². The Morgan fingerprint density at radius 3 is 2.50 bits per heavy atom. The van der Waals surface area contributed by atoms with Crippen molar-refractivity contribution in [2.45, 2.75) is 32.7 Å². The monoisotopic (exact) mass is 255 g/mol. The van der Waals surface area contributed by atoms with Gasteiger partial charge in [0.25, 0.3) is 0 Å². The molecule has 1 rings (SSSR count). The van der Waals surface area contributed by atoms with E-state index >= 15 is 0 Å². The molecule has 1 N–H and O–H groups in total. The number of nitrogens with one attached hydrogen (secondary N) is 1. The molecule has 0 radical (unpaired) electrons. The van der Waals surface area contributed by atoms with E-state index < -0.39 is 0 Å². The van der Waals surface area contributed by atoms with Crippen LogP contribution in [0.3, 0.4) is 0 Å². The maximum atomic E-state index is 3.48. The zero-order chi connectivity index (χ0) is 10.8. The summed E-state index contributed by atoms with van der Waals surface area (Å²) in [6.07, 6.45) is 1.06. The van der Waals surface area contributed by atoms with Crippen LogP contribution in [0.5, 0.6) is 0 Å². The van der Waals surface area contributed by atoms with Gasteiger partial charge in [0.15, 0.2) is 0 Å². The molecule has 2 heteroatoms. The first-order valence-electron chi connectivity index (χ1n) is 4.88. The molecule has 78 valence electrons. The molecule has 0 unspecified atom stereocenters. The van der Waals surface area contributed by atoms with E-state index in [9.17, 15) is 0 Å². The molecular weight excluding hydrogens is 238 g/mol. The van der Waals surface area contributed by atoms with Crippen LogP contribution in [-0.2, 0) is 6.42 Å². The second-order valence-corrected chi connectivity index (χ2v) is 5.30. The minimum atomic E-state index is 0.165. The van der Waals surface area contributed by atoms with Crippen LogP contribution in [0.1, 0.15) is 25.0 Å². The maximum absolute atomic E-state index is 3.48. The van der Waals surface area contributed by atoms with E-state index in [1.807, 2.05) is 7.05 Å². The molecule has 0 amide bonds. The minimum Gasteiger partial charge on any atom is -0.314 e. The lowest BCUT2D eigenvalue weighted by atomic mass is 9.93. The van der Waals surface area contributed by atoms with Crippen LogP contribution in [0, 0.1) is 6.92 Å². The number of rotatable bonds is 3. The quantitative estimate of drug-likeness (QED) is 0.875. The van der Waals surface area contributed by atoms with E-state index in [4.69, 9.17) is 0 Å². The molecule has 0 spiro atoms. The highest BCUT2D eigenvalue weighted by Crippen LogP contribution is 2.20. The van der Waals surface area contributed by atoms with Crippen molar-refractivity contribution in [3.63, 3.8) is 0 Å². The fourth-order valence-corrected chi connectivity index (χ4v) is 1.90. The second kappa shape index (κ2) is 4.45. The van der Waals surface area contributed by atoms with E-state index in [-0.39, 0.29) is 5.54 Å². The van der Waals surface area contributed by atoms with Crippen LogP contribution in [0.25, 0.3) is 0 Å². The third kappa shape index (κ3) is 3.10. The normalized spacial score (nSPS) is 11.8. The van der Waals surface area contributed by atoms with Crippen LogP contribution in [0.2, 0.25) is 0 Å². The average molecular weight is 256 g/mol. The third-order valence-electron chi connectivity index (χ3n) is 2.61. The summed E-state index contributed by atoms with van der Waals surface area (Å²) in [5, 5.41) is 3.32. The molecule has 0 saturated carbocycles. The molecule has 1 nitrogen and oxygen atoms in total. The lowest BCUT2D eigenvalue weighted by Gasteiger charge is -2.25. The second-order valence-electron chi connectivity index (χ2n) is 4.38. The molecular formula is C12H18BrN. The molecule has 1 aromatic rings. The van der Waals surface area contributed by atoms with Crippen molar-refractivity contribution in [1.29, 1.82) is 0 Å². The van der Waals surface area contributed by atoms with Gasteiger partial charge in [0.2, 0.25) is 0 Å². The highest BCUT2D eigenvalue weighted by molar-refractivity contribution is 9.10. The van der Waals surface area contributed by atoms with Gasteiger partial charge in [-0.25, -0.2) is 0 Å². The summed E-state index contributed by atoms with van der Waals surface area (Å²) in [5.74, 6) is 0. The van der Waals surface area contributed by atoms with Gasteiger partial charge in [0.05, 0.1) is 0 Å². The number of benzene rings is 1.